The summed E-state index contributed by atoms with van der Waals surface area (Å²) in [5, 5.41) is 24.8. The number of fused-ring (bicyclic) bond motifs is 5. The molecular formula is C22H18N4O8. The number of likely N-dealkylation sites (tertiary alicyclic amines) is 1. The van der Waals surface area contributed by atoms with E-state index in [9.17, 15) is 34.6 Å². The van der Waals surface area contributed by atoms with Gasteiger partial charge in [0.15, 0.2) is 0 Å². The molecule has 2 aliphatic carbocycles. The average Bonchev–Trinajstić information content (AvgIpc) is 3.57. The summed E-state index contributed by atoms with van der Waals surface area (Å²) in [4.78, 5) is 61.4. The van der Waals surface area contributed by atoms with Crippen LogP contribution in [-0.4, -0.2) is 32.5 Å². The number of nitrogens with one attached hydrogen (secondary N) is 1. The number of nitro groups is 2. The topological polar surface area (TPSA) is 166 Å². The number of para-hydroxylation sites is 2. The van der Waals surface area contributed by atoms with Gasteiger partial charge in [-0.1, -0.05) is 24.3 Å². The van der Waals surface area contributed by atoms with E-state index in [1.165, 1.54) is 30.3 Å². The van der Waals surface area contributed by atoms with E-state index in [4.69, 9.17) is 4.42 Å². The first-order chi connectivity index (χ1) is 16.3. The number of carbonyl (C=O) groups excluding carboxylic acids is 3. The maximum atomic E-state index is 13.3. The summed E-state index contributed by atoms with van der Waals surface area (Å²) < 4.78 is 5.27. The first kappa shape index (κ1) is 21.5. The van der Waals surface area contributed by atoms with Crippen molar-refractivity contribution in [1.82, 2.24) is 4.90 Å². The molecule has 174 valence electrons. The second-order valence-corrected chi connectivity index (χ2v) is 8.52. The van der Waals surface area contributed by atoms with Crippen LogP contribution >= 0.6 is 0 Å². The zero-order valence-electron chi connectivity index (χ0n) is 17.5. The van der Waals surface area contributed by atoms with Crippen LogP contribution in [0.5, 0.6) is 0 Å². The minimum atomic E-state index is -1.23. The largest absolute Gasteiger partial charge is 0.433 e. The third kappa shape index (κ3) is 3.34. The summed E-state index contributed by atoms with van der Waals surface area (Å²) in [5.74, 6) is -3.51. The molecule has 3 amide bonds. The van der Waals surface area contributed by atoms with Gasteiger partial charge in [0, 0.05) is 6.07 Å². The Morgan fingerprint density at radius 1 is 1.03 bits per heavy atom. The molecule has 5 rings (SSSR count). The van der Waals surface area contributed by atoms with Gasteiger partial charge in [0.1, 0.15) is 22.4 Å². The number of furan rings is 1. The fourth-order valence-corrected chi connectivity index (χ4v) is 5.29. The number of hydrogen-bond donors (Lipinski definition) is 1. The minimum Gasteiger partial charge on any atom is -0.404 e. The van der Waals surface area contributed by atoms with Gasteiger partial charge in [-0.2, -0.15) is 0 Å². The van der Waals surface area contributed by atoms with Crippen molar-refractivity contribution in [3.8, 4) is 0 Å². The van der Waals surface area contributed by atoms with Crippen molar-refractivity contribution in [2.45, 2.75) is 18.9 Å². The highest BCUT2D eigenvalue weighted by atomic mass is 16.6. The Morgan fingerprint density at radius 3 is 2.26 bits per heavy atom. The molecule has 1 aliphatic heterocycles. The van der Waals surface area contributed by atoms with E-state index in [1.54, 1.807) is 0 Å². The molecule has 2 bridgehead atoms. The molecule has 0 spiro atoms. The summed E-state index contributed by atoms with van der Waals surface area (Å²) in [6, 6.07) is 6.63. The van der Waals surface area contributed by atoms with E-state index in [0.29, 0.717) is 0 Å². The van der Waals surface area contributed by atoms with Gasteiger partial charge in [-0.15, -0.1) is 0 Å². The zero-order valence-corrected chi connectivity index (χ0v) is 17.5. The van der Waals surface area contributed by atoms with E-state index in [2.05, 4.69) is 5.32 Å². The molecule has 1 saturated carbocycles. The molecule has 2 heterocycles. The Bertz CT molecular complexity index is 1240. The van der Waals surface area contributed by atoms with Crippen molar-refractivity contribution in [2.75, 3.05) is 5.32 Å². The number of rotatable bonds is 7. The fourth-order valence-electron chi connectivity index (χ4n) is 5.29. The van der Waals surface area contributed by atoms with Crippen molar-refractivity contribution in [3.05, 3.63) is 74.5 Å². The number of amides is 3. The number of allylic oxidation sites excluding steroid dienone is 2. The summed E-state index contributed by atoms with van der Waals surface area (Å²) in [6.45, 7) is 0. The number of benzene rings is 1. The van der Waals surface area contributed by atoms with E-state index in [-0.39, 0.29) is 29.0 Å². The molecule has 1 aromatic carbocycles. The van der Waals surface area contributed by atoms with Gasteiger partial charge < -0.3 is 9.73 Å². The molecule has 1 N–H and O–H groups in total. The normalized spacial score (nSPS) is 25.5. The standard InChI is InChI=1S/C22H18N4O8/c27-17(23-13-3-1-2-4-14(13)25(30)31)10-15(16-7-8-18(34-16)26(32)33)24-21(28)19-11-5-6-12(9-11)20(19)22(24)29/h1-8,11-12,15,19-20H,9-10H2,(H,23,27). The van der Waals surface area contributed by atoms with Crippen LogP contribution in [-0.2, 0) is 14.4 Å². The van der Waals surface area contributed by atoms with Crippen LogP contribution in [0.2, 0.25) is 0 Å². The Kier molecular flexibility index (Phi) is 5.00. The minimum absolute atomic E-state index is 0.0557. The van der Waals surface area contributed by atoms with Crippen LogP contribution in [0.3, 0.4) is 0 Å². The SMILES string of the molecule is O=C(CC(c1ccc([N+](=O)[O-])o1)N1C(=O)C2C3C=CC(C3)C2C1=O)Nc1ccccc1[N+](=O)[O-]. The first-order valence-electron chi connectivity index (χ1n) is 10.6. The van der Waals surface area contributed by atoms with Crippen LogP contribution in [0.4, 0.5) is 17.3 Å². The van der Waals surface area contributed by atoms with Gasteiger partial charge in [-0.25, -0.2) is 0 Å². The quantitative estimate of drug-likeness (QED) is 0.281. The highest BCUT2D eigenvalue weighted by molar-refractivity contribution is 6.07. The Balaban J connectivity index is 1.46. The summed E-state index contributed by atoms with van der Waals surface area (Å²) in [7, 11) is 0. The van der Waals surface area contributed by atoms with E-state index in [1.807, 2.05) is 12.2 Å². The molecule has 1 saturated heterocycles. The van der Waals surface area contributed by atoms with Gasteiger partial charge >= 0.3 is 5.88 Å². The lowest BCUT2D eigenvalue weighted by atomic mass is 9.85. The molecular weight excluding hydrogens is 448 g/mol. The monoisotopic (exact) mass is 466 g/mol. The van der Waals surface area contributed by atoms with Crippen molar-refractivity contribution >= 4 is 35.0 Å². The molecule has 0 radical (unpaired) electrons. The van der Waals surface area contributed by atoms with Gasteiger partial charge in [-0.05, 0) is 30.4 Å². The number of hydrogen-bond acceptors (Lipinski definition) is 8. The molecule has 1 aromatic heterocycles. The van der Waals surface area contributed by atoms with Crippen molar-refractivity contribution in [2.24, 2.45) is 23.7 Å². The van der Waals surface area contributed by atoms with Crippen LogP contribution in [0, 0.1) is 43.9 Å². The lowest BCUT2D eigenvalue weighted by molar-refractivity contribution is -0.402. The second kappa shape index (κ2) is 7.90. The Labute approximate surface area is 191 Å². The second-order valence-electron chi connectivity index (χ2n) is 8.52. The predicted octanol–water partition coefficient (Wildman–Crippen LogP) is 2.97. The number of imide groups is 1. The van der Waals surface area contributed by atoms with Crippen molar-refractivity contribution in [3.63, 3.8) is 0 Å². The van der Waals surface area contributed by atoms with Gasteiger partial charge in [0.2, 0.25) is 17.7 Å². The highest BCUT2D eigenvalue weighted by Gasteiger charge is 2.61. The maximum Gasteiger partial charge on any atom is 0.433 e. The van der Waals surface area contributed by atoms with Crippen LogP contribution in [0.15, 0.2) is 53.0 Å². The Morgan fingerprint density at radius 2 is 1.68 bits per heavy atom. The van der Waals surface area contributed by atoms with E-state index >= 15 is 0 Å². The van der Waals surface area contributed by atoms with E-state index < -0.39 is 57.8 Å². The number of anilines is 1. The van der Waals surface area contributed by atoms with Gasteiger partial charge in [-0.3, -0.25) is 39.5 Å². The third-order valence-corrected chi connectivity index (χ3v) is 6.69. The van der Waals surface area contributed by atoms with Gasteiger partial charge in [0.05, 0.1) is 29.2 Å². The molecule has 12 nitrogen and oxygen atoms in total. The molecule has 34 heavy (non-hydrogen) atoms. The van der Waals surface area contributed by atoms with Crippen LogP contribution in [0.1, 0.15) is 24.6 Å². The van der Waals surface area contributed by atoms with E-state index in [0.717, 1.165) is 17.4 Å². The molecule has 5 unspecified atom stereocenters. The molecule has 12 heteroatoms. The number of nitro benzene ring substituents is 1. The average molecular weight is 466 g/mol. The smallest absolute Gasteiger partial charge is 0.404 e. The Hall–Kier alpha value is -4.35. The summed E-state index contributed by atoms with van der Waals surface area (Å²) in [6.07, 6.45) is 4.08. The number of carbonyl (C=O) groups is 3. The van der Waals surface area contributed by atoms with Crippen LogP contribution in [0.25, 0.3) is 0 Å². The van der Waals surface area contributed by atoms with Crippen molar-refractivity contribution < 1.29 is 28.6 Å². The van der Waals surface area contributed by atoms with Crippen LogP contribution < -0.4 is 5.32 Å². The summed E-state index contributed by atoms with van der Waals surface area (Å²) >= 11 is 0. The predicted molar refractivity (Wildman–Crippen MR) is 114 cm³/mol. The molecule has 5 atom stereocenters. The molecule has 3 aliphatic rings. The molecule has 2 fully saturated rings. The maximum absolute atomic E-state index is 13.3. The molecule has 2 aromatic rings. The van der Waals surface area contributed by atoms with Crippen molar-refractivity contribution in [1.29, 1.82) is 0 Å². The first-order valence-corrected chi connectivity index (χ1v) is 10.6. The lowest BCUT2D eigenvalue weighted by Gasteiger charge is -2.25. The third-order valence-electron chi connectivity index (χ3n) is 6.69. The summed E-state index contributed by atoms with van der Waals surface area (Å²) in [5.41, 5.74) is -0.383. The highest BCUT2D eigenvalue weighted by Crippen LogP contribution is 2.54. The van der Waals surface area contributed by atoms with Gasteiger partial charge in [0.25, 0.3) is 5.69 Å². The lowest BCUT2D eigenvalue weighted by Crippen LogP contribution is -2.38. The zero-order chi connectivity index (χ0) is 24.1. The number of nitrogens with zero attached hydrogens (tertiary/aromatic N) is 3. The fraction of sp³-hybridized carbons (Fsp3) is 0.318.